The van der Waals surface area contributed by atoms with E-state index in [1.807, 2.05) is 0 Å². The molecule has 0 aliphatic carbocycles. The predicted octanol–water partition coefficient (Wildman–Crippen LogP) is 21.1. The van der Waals surface area contributed by atoms with Crippen molar-refractivity contribution in [2.45, 2.75) is 238 Å². The summed E-state index contributed by atoms with van der Waals surface area (Å²) in [5.41, 5.74) is 0. The third-order valence-corrected chi connectivity index (χ3v) is 12.2. The van der Waals surface area contributed by atoms with Crippen LogP contribution in [0.2, 0.25) is 0 Å². The maximum absolute atomic E-state index is 12.3. The Balaban J connectivity index is 3.64. The molecule has 0 aromatic heterocycles. The molecule has 0 spiro atoms. The Labute approximate surface area is 467 Å². The number of carbonyl (C=O) groups is 2. The molecule has 0 rings (SSSR count). The summed E-state index contributed by atoms with van der Waals surface area (Å²) in [6.07, 6.45) is 101. The highest BCUT2D eigenvalue weighted by molar-refractivity contribution is 5.70. The van der Waals surface area contributed by atoms with Crippen molar-refractivity contribution in [2.75, 3.05) is 13.2 Å². The molecule has 0 bridgehead atoms. The molecule has 0 heterocycles. The number of aliphatic hydroxyl groups excluding tert-OH is 1. The highest BCUT2D eigenvalue weighted by atomic mass is 16.6. The molecular weight excluding hydrogens is 933 g/mol. The van der Waals surface area contributed by atoms with Gasteiger partial charge in [-0.15, -0.1) is 0 Å². The van der Waals surface area contributed by atoms with Crippen LogP contribution in [0.4, 0.5) is 0 Å². The van der Waals surface area contributed by atoms with Gasteiger partial charge in [-0.25, -0.2) is 0 Å². The molecule has 1 N–H and O–H groups in total. The second kappa shape index (κ2) is 64.3. The second-order valence-electron chi connectivity index (χ2n) is 19.3. The average molecular weight is 1040 g/mol. The van der Waals surface area contributed by atoms with Gasteiger partial charge in [-0.2, -0.15) is 0 Å². The number of allylic oxidation sites excluding steroid dienone is 30. The highest BCUT2D eigenvalue weighted by Crippen LogP contribution is 2.14. The minimum atomic E-state index is -0.801. The number of unbranched alkanes of at least 4 members (excludes halogenated alkanes) is 15. The van der Waals surface area contributed by atoms with Crippen LogP contribution in [0.5, 0.6) is 0 Å². The van der Waals surface area contributed by atoms with Crippen molar-refractivity contribution in [3.8, 4) is 0 Å². The Morgan fingerprint density at radius 3 is 0.789 bits per heavy atom. The summed E-state index contributed by atoms with van der Waals surface area (Å²) in [5.74, 6) is -0.631. The maximum atomic E-state index is 12.3. The molecule has 0 aliphatic rings. The van der Waals surface area contributed by atoms with Gasteiger partial charge in [-0.3, -0.25) is 9.59 Å². The van der Waals surface area contributed by atoms with Gasteiger partial charge >= 0.3 is 11.9 Å². The molecule has 0 saturated heterocycles. The van der Waals surface area contributed by atoms with E-state index in [9.17, 15) is 14.7 Å². The van der Waals surface area contributed by atoms with Crippen LogP contribution in [0.25, 0.3) is 0 Å². The molecule has 0 fully saturated rings. The molecule has 1 atom stereocenters. The monoisotopic (exact) mass is 1040 g/mol. The lowest BCUT2D eigenvalue weighted by Gasteiger charge is -2.15. The summed E-state index contributed by atoms with van der Waals surface area (Å²) in [5, 5.41) is 9.67. The fraction of sp³-hybridized carbons (Fsp3) is 0.549. The van der Waals surface area contributed by atoms with E-state index >= 15 is 0 Å². The Morgan fingerprint density at radius 1 is 0.303 bits per heavy atom. The summed E-state index contributed by atoms with van der Waals surface area (Å²) < 4.78 is 10.7. The van der Waals surface area contributed by atoms with Gasteiger partial charge in [0, 0.05) is 12.8 Å². The van der Waals surface area contributed by atoms with Crippen LogP contribution >= 0.6 is 0 Å². The van der Waals surface area contributed by atoms with Crippen LogP contribution in [-0.2, 0) is 19.1 Å². The summed E-state index contributed by atoms with van der Waals surface area (Å²) in [6.45, 7) is 3.88. The van der Waals surface area contributed by atoms with E-state index in [-0.39, 0.29) is 25.2 Å². The van der Waals surface area contributed by atoms with Crippen LogP contribution < -0.4 is 0 Å². The van der Waals surface area contributed by atoms with E-state index in [1.165, 1.54) is 51.4 Å². The van der Waals surface area contributed by atoms with E-state index < -0.39 is 6.10 Å². The molecule has 1 unspecified atom stereocenters. The molecular formula is C71H110O5. The summed E-state index contributed by atoms with van der Waals surface area (Å²) in [4.78, 5) is 24.6. The Kier molecular flexibility index (Phi) is 60.1. The topological polar surface area (TPSA) is 72.8 Å². The van der Waals surface area contributed by atoms with Crippen molar-refractivity contribution < 1.29 is 24.2 Å². The number of hydrogen-bond acceptors (Lipinski definition) is 5. The van der Waals surface area contributed by atoms with Gasteiger partial charge < -0.3 is 14.6 Å². The Bertz CT molecular complexity index is 1750. The van der Waals surface area contributed by atoms with E-state index in [0.717, 1.165) is 154 Å². The minimum absolute atomic E-state index is 0.0887. The fourth-order valence-corrected chi connectivity index (χ4v) is 7.73. The van der Waals surface area contributed by atoms with Gasteiger partial charge in [-0.1, -0.05) is 267 Å². The van der Waals surface area contributed by atoms with Gasteiger partial charge in [0.15, 0.2) is 6.10 Å². The lowest BCUT2D eigenvalue weighted by molar-refractivity contribution is -0.161. The molecule has 0 aromatic rings. The fourth-order valence-electron chi connectivity index (χ4n) is 7.73. The van der Waals surface area contributed by atoms with Crippen LogP contribution in [0.3, 0.4) is 0 Å². The van der Waals surface area contributed by atoms with Gasteiger partial charge in [-0.05, 0) is 135 Å². The highest BCUT2D eigenvalue weighted by Gasteiger charge is 2.16. The molecule has 0 saturated carbocycles. The molecule has 5 heteroatoms. The largest absolute Gasteiger partial charge is 0.462 e. The van der Waals surface area contributed by atoms with E-state index in [0.29, 0.717) is 12.8 Å². The van der Waals surface area contributed by atoms with Crippen molar-refractivity contribution >= 4 is 11.9 Å². The van der Waals surface area contributed by atoms with Crippen molar-refractivity contribution in [3.05, 3.63) is 182 Å². The number of carbonyl (C=O) groups excluding carboxylic acids is 2. The molecule has 5 nitrogen and oxygen atoms in total. The van der Waals surface area contributed by atoms with Crippen molar-refractivity contribution in [1.82, 2.24) is 0 Å². The SMILES string of the molecule is CC/C=C\C/C=C\C/C=C\C/C=C\C/C=C\C/C=C\C/C=C\C/C=C\C/C=C\CCCCCCCC(=O)OC(CO)COC(=O)CCCCCCCCCCCC/C=C\C/C=C\C/C=C\C/C=C\C/C=C\C/C=C\CC. The zero-order valence-corrected chi connectivity index (χ0v) is 48.4. The number of hydrogen-bond donors (Lipinski definition) is 1. The molecule has 0 radical (unpaired) electrons. The average Bonchev–Trinajstić information content (AvgIpc) is 3.42. The summed E-state index contributed by atoms with van der Waals surface area (Å²) in [7, 11) is 0. The number of aliphatic hydroxyl groups is 1. The number of ether oxygens (including phenoxy) is 2. The lowest BCUT2D eigenvalue weighted by Crippen LogP contribution is -2.28. The molecule has 76 heavy (non-hydrogen) atoms. The zero-order valence-electron chi connectivity index (χ0n) is 48.4. The van der Waals surface area contributed by atoms with Crippen LogP contribution in [0, 0.1) is 0 Å². The molecule has 0 aliphatic heterocycles. The van der Waals surface area contributed by atoms with Crippen LogP contribution in [0.15, 0.2) is 182 Å². The maximum Gasteiger partial charge on any atom is 0.306 e. The Morgan fingerprint density at radius 2 is 0.526 bits per heavy atom. The third kappa shape index (κ3) is 61.5. The van der Waals surface area contributed by atoms with Crippen LogP contribution in [0.1, 0.15) is 232 Å². The third-order valence-electron chi connectivity index (χ3n) is 12.2. The van der Waals surface area contributed by atoms with E-state index in [2.05, 4.69) is 196 Å². The van der Waals surface area contributed by atoms with Crippen molar-refractivity contribution in [3.63, 3.8) is 0 Å². The van der Waals surface area contributed by atoms with Crippen molar-refractivity contribution in [2.24, 2.45) is 0 Å². The van der Waals surface area contributed by atoms with Crippen LogP contribution in [-0.4, -0.2) is 36.4 Å². The van der Waals surface area contributed by atoms with Gasteiger partial charge in [0.25, 0.3) is 0 Å². The van der Waals surface area contributed by atoms with E-state index in [1.54, 1.807) is 0 Å². The van der Waals surface area contributed by atoms with Crippen molar-refractivity contribution in [1.29, 1.82) is 0 Å². The first-order valence-electron chi connectivity index (χ1n) is 30.3. The first kappa shape index (κ1) is 71.0. The Hall–Kier alpha value is -5.00. The zero-order chi connectivity index (χ0) is 54.8. The standard InChI is InChI=1S/C71H110O5/c1-3-5-7-9-11-13-15-17-19-21-23-25-27-29-31-33-34-35-36-38-40-42-44-46-48-50-52-54-56-58-60-62-64-66-71(74)76-69(67-72)68-75-70(73)65-63-61-59-57-55-53-51-49-47-45-43-41-39-37-32-30-28-26-24-22-20-18-16-14-12-10-8-6-4-2/h5-8,11-14,17-20,23-26,29-32,34-35,38-41,44,46,50,52,69,72H,3-4,9-10,15-16,21-22,27-28,33,36-37,42-43,45,47-49,51,53-68H2,1-2H3/b7-5-,8-6-,13-11-,14-12-,19-17-,20-18-,25-23-,26-24-,31-29-,32-30-,35-34-,40-38-,41-39-,46-44-,52-50-. The lowest BCUT2D eigenvalue weighted by atomic mass is 10.1. The summed E-state index contributed by atoms with van der Waals surface area (Å²) >= 11 is 0. The molecule has 0 aromatic carbocycles. The molecule has 0 amide bonds. The normalized spacial score (nSPS) is 13.6. The number of esters is 2. The van der Waals surface area contributed by atoms with Gasteiger partial charge in [0.1, 0.15) is 6.61 Å². The minimum Gasteiger partial charge on any atom is -0.462 e. The van der Waals surface area contributed by atoms with Gasteiger partial charge in [0.2, 0.25) is 0 Å². The predicted molar refractivity (Wildman–Crippen MR) is 333 cm³/mol. The quantitative estimate of drug-likeness (QED) is 0.0373. The first-order valence-corrected chi connectivity index (χ1v) is 30.3. The number of rotatable bonds is 53. The summed E-state index contributed by atoms with van der Waals surface area (Å²) in [6, 6.07) is 0. The molecule has 424 valence electrons. The second-order valence-corrected chi connectivity index (χ2v) is 19.3. The smallest absolute Gasteiger partial charge is 0.306 e. The van der Waals surface area contributed by atoms with E-state index in [4.69, 9.17) is 9.47 Å². The first-order chi connectivity index (χ1) is 37.6. The van der Waals surface area contributed by atoms with Gasteiger partial charge in [0.05, 0.1) is 6.61 Å².